The Labute approximate surface area is 179 Å². The molecule has 2 N–H and O–H groups in total. The Morgan fingerprint density at radius 1 is 0.931 bits per heavy atom. The van der Waals surface area contributed by atoms with E-state index in [1.807, 2.05) is 13.8 Å². The van der Waals surface area contributed by atoms with Crippen LogP contribution in [-0.4, -0.2) is 16.1 Å². The fraction of sp³-hybridized carbons (Fsp3) is 0.200. The van der Waals surface area contributed by atoms with Crippen LogP contribution in [0.4, 0.5) is 36.3 Å². The molecule has 0 unspecified atom stereocenters. The first-order chi connectivity index (χ1) is 13.7. The summed E-state index contributed by atoms with van der Waals surface area (Å²) in [4.78, 5) is 7.85. The van der Waals surface area contributed by atoms with Gasteiger partial charge < -0.3 is 15.4 Å². The Morgan fingerprint density at radius 2 is 1.52 bits per heavy atom. The molecule has 0 bridgehead atoms. The van der Waals surface area contributed by atoms with Gasteiger partial charge in [0, 0.05) is 21.1 Å². The van der Waals surface area contributed by atoms with Crippen LogP contribution >= 0.6 is 22.6 Å². The van der Waals surface area contributed by atoms with Gasteiger partial charge >= 0.3 is 6.18 Å². The van der Waals surface area contributed by atoms with Gasteiger partial charge in [0.2, 0.25) is 5.95 Å². The topological polar surface area (TPSA) is 59.1 Å². The molecule has 0 amide bonds. The molecule has 9 heteroatoms. The molecular weight excluding hydrogens is 496 g/mol. The average molecular weight is 514 g/mol. The number of ether oxygens (including phenoxy) is 1. The quantitative estimate of drug-likeness (QED) is 0.375. The van der Waals surface area contributed by atoms with E-state index in [2.05, 4.69) is 43.2 Å². The van der Waals surface area contributed by atoms with Gasteiger partial charge in [-0.3, -0.25) is 0 Å². The monoisotopic (exact) mass is 514 g/mol. The number of rotatable bonds is 6. The Balaban J connectivity index is 1.85. The van der Waals surface area contributed by atoms with Gasteiger partial charge in [-0.1, -0.05) is 0 Å². The van der Waals surface area contributed by atoms with E-state index in [0.717, 1.165) is 9.77 Å². The zero-order valence-corrected chi connectivity index (χ0v) is 17.7. The van der Waals surface area contributed by atoms with Crippen LogP contribution in [0, 0.1) is 3.57 Å². The molecule has 0 fully saturated rings. The van der Waals surface area contributed by atoms with E-state index in [1.165, 1.54) is 0 Å². The third kappa shape index (κ3) is 5.96. The highest BCUT2D eigenvalue weighted by Gasteiger charge is 2.35. The summed E-state index contributed by atoms with van der Waals surface area (Å²) in [7, 11) is 0. The van der Waals surface area contributed by atoms with Crippen molar-refractivity contribution in [1.82, 2.24) is 9.97 Å². The lowest BCUT2D eigenvalue weighted by Crippen LogP contribution is -2.12. The molecule has 2 aromatic carbocycles. The van der Waals surface area contributed by atoms with Gasteiger partial charge in [-0.15, -0.1) is 0 Å². The standard InChI is InChI=1S/C20H18F3IN4O/c1-12(2)29-16-9-7-15(8-10-16)27-19-25-11-17(20(21,22)23)18(28-19)26-14-5-3-13(24)4-6-14/h3-12H,1-2H3,(H2,25,26,27,28). The second kappa shape index (κ2) is 8.85. The molecule has 0 radical (unpaired) electrons. The highest BCUT2D eigenvalue weighted by Crippen LogP contribution is 2.35. The number of nitrogens with zero attached hydrogens (tertiary/aromatic N) is 2. The van der Waals surface area contributed by atoms with E-state index in [1.54, 1.807) is 48.5 Å². The molecule has 0 atom stereocenters. The number of halogens is 4. The van der Waals surface area contributed by atoms with Gasteiger partial charge in [0.05, 0.1) is 6.10 Å². The maximum atomic E-state index is 13.4. The van der Waals surface area contributed by atoms with Crippen LogP contribution in [0.2, 0.25) is 0 Å². The van der Waals surface area contributed by atoms with Gasteiger partial charge in [-0.05, 0) is 85.0 Å². The van der Waals surface area contributed by atoms with Crippen LogP contribution in [0.25, 0.3) is 0 Å². The van der Waals surface area contributed by atoms with Crippen LogP contribution in [0.3, 0.4) is 0 Å². The van der Waals surface area contributed by atoms with Crippen LogP contribution in [0.15, 0.2) is 54.7 Å². The Morgan fingerprint density at radius 3 is 2.10 bits per heavy atom. The van der Waals surface area contributed by atoms with Gasteiger partial charge in [0.15, 0.2) is 0 Å². The second-order valence-corrected chi connectivity index (χ2v) is 7.65. The molecule has 3 aromatic rings. The van der Waals surface area contributed by atoms with E-state index < -0.39 is 11.7 Å². The number of benzene rings is 2. The second-order valence-electron chi connectivity index (χ2n) is 6.40. The van der Waals surface area contributed by atoms with Crippen molar-refractivity contribution in [1.29, 1.82) is 0 Å². The van der Waals surface area contributed by atoms with Gasteiger partial charge in [0.1, 0.15) is 17.1 Å². The molecular formula is C20H18F3IN4O. The highest BCUT2D eigenvalue weighted by molar-refractivity contribution is 14.1. The van der Waals surface area contributed by atoms with E-state index in [-0.39, 0.29) is 17.9 Å². The number of hydrogen-bond acceptors (Lipinski definition) is 5. The minimum absolute atomic E-state index is 0.0435. The van der Waals surface area contributed by atoms with Crippen LogP contribution in [0.1, 0.15) is 19.4 Å². The van der Waals surface area contributed by atoms with Gasteiger partial charge in [0.25, 0.3) is 0 Å². The van der Waals surface area contributed by atoms with Crippen molar-refractivity contribution < 1.29 is 17.9 Å². The molecule has 29 heavy (non-hydrogen) atoms. The maximum Gasteiger partial charge on any atom is 0.421 e. The summed E-state index contributed by atoms with van der Waals surface area (Å²) in [6.45, 7) is 3.84. The number of hydrogen-bond donors (Lipinski definition) is 2. The summed E-state index contributed by atoms with van der Waals surface area (Å²) < 4.78 is 46.6. The van der Waals surface area contributed by atoms with Crippen LogP contribution < -0.4 is 15.4 Å². The Bertz CT molecular complexity index is 961. The molecule has 0 aliphatic carbocycles. The molecule has 0 aliphatic heterocycles. The molecule has 5 nitrogen and oxygen atoms in total. The average Bonchev–Trinajstić information content (AvgIpc) is 2.64. The highest BCUT2D eigenvalue weighted by atomic mass is 127. The van der Waals surface area contributed by atoms with E-state index in [4.69, 9.17) is 4.74 Å². The molecule has 0 saturated heterocycles. The largest absolute Gasteiger partial charge is 0.491 e. The smallest absolute Gasteiger partial charge is 0.421 e. The number of nitrogens with one attached hydrogen (secondary N) is 2. The fourth-order valence-corrected chi connectivity index (χ4v) is 2.79. The van der Waals surface area contributed by atoms with E-state index >= 15 is 0 Å². The van der Waals surface area contributed by atoms with Gasteiger partial charge in [-0.2, -0.15) is 18.2 Å². The summed E-state index contributed by atoms with van der Waals surface area (Å²) in [5, 5.41) is 5.64. The van der Waals surface area contributed by atoms with E-state index in [9.17, 15) is 13.2 Å². The van der Waals surface area contributed by atoms with Crippen LogP contribution in [0.5, 0.6) is 5.75 Å². The maximum absolute atomic E-state index is 13.4. The van der Waals surface area contributed by atoms with E-state index in [0.29, 0.717) is 17.1 Å². The third-order valence-corrected chi connectivity index (χ3v) is 4.40. The first kappa shape index (κ1) is 21.2. The first-order valence-electron chi connectivity index (χ1n) is 8.71. The number of anilines is 4. The summed E-state index contributed by atoms with van der Waals surface area (Å²) in [6, 6.07) is 14.0. The lowest BCUT2D eigenvalue weighted by molar-refractivity contribution is -0.137. The van der Waals surface area contributed by atoms with Crippen molar-refractivity contribution in [2.45, 2.75) is 26.1 Å². The van der Waals surface area contributed by atoms with Crippen molar-refractivity contribution in [2.24, 2.45) is 0 Å². The number of aromatic nitrogens is 2. The lowest BCUT2D eigenvalue weighted by Gasteiger charge is -2.15. The fourth-order valence-electron chi connectivity index (χ4n) is 2.43. The van der Waals surface area contributed by atoms with Crippen molar-refractivity contribution in [2.75, 3.05) is 10.6 Å². The molecule has 0 saturated carbocycles. The Hall–Kier alpha value is -2.56. The summed E-state index contributed by atoms with van der Waals surface area (Å²) in [5.74, 6) is 0.416. The molecule has 0 spiro atoms. The first-order valence-corrected chi connectivity index (χ1v) is 9.79. The molecule has 3 rings (SSSR count). The van der Waals surface area contributed by atoms with Crippen molar-refractivity contribution in [3.05, 3.63) is 63.9 Å². The van der Waals surface area contributed by atoms with Crippen molar-refractivity contribution >= 4 is 45.7 Å². The predicted molar refractivity (Wildman–Crippen MR) is 115 cm³/mol. The lowest BCUT2D eigenvalue weighted by atomic mass is 10.2. The molecule has 0 aliphatic rings. The Kier molecular flexibility index (Phi) is 6.46. The van der Waals surface area contributed by atoms with Crippen molar-refractivity contribution in [3.8, 4) is 5.75 Å². The van der Waals surface area contributed by atoms with Crippen molar-refractivity contribution in [3.63, 3.8) is 0 Å². The summed E-state index contributed by atoms with van der Waals surface area (Å²) in [5.41, 5.74) is 0.180. The SMILES string of the molecule is CC(C)Oc1ccc(Nc2ncc(C(F)(F)F)c(Nc3ccc(I)cc3)n2)cc1. The minimum Gasteiger partial charge on any atom is -0.491 e. The minimum atomic E-state index is -4.58. The van der Waals surface area contributed by atoms with Crippen LogP contribution in [-0.2, 0) is 6.18 Å². The zero-order valence-electron chi connectivity index (χ0n) is 15.6. The molecule has 1 aromatic heterocycles. The number of alkyl halides is 3. The normalized spacial score (nSPS) is 11.4. The molecule has 1 heterocycles. The zero-order chi connectivity index (χ0) is 21.0. The molecule has 152 valence electrons. The third-order valence-electron chi connectivity index (χ3n) is 3.68. The summed E-state index contributed by atoms with van der Waals surface area (Å²) >= 11 is 2.12. The van der Waals surface area contributed by atoms with Gasteiger partial charge in [-0.25, -0.2) is 4.98 Å². The predicted octanol–water partition coefficient (Wildman–Crippen LogP) is 6.37. The summed E-state index contributed by atoms with van der Waals surface area (Å²) in [6.07, 6.45) is -3.78.